The van der Waals surface area contributed by atoms with Crippen LogP contribution >= 0.6 is 15.9 Å². The molecule has 1 heterocycles. The molecule has 0 radical (unpaired) electrons. The fourth-order valence-electron chi connectivity index (χ4n) is 1.95. The minimum absolute atomic E-state index is 0.912. The highest BCUT2D eigenvalue weighted by Crippen LogP contribution is 2.28. The van der Waals surface area contributed by atoms with Gasteiger partial charge in [0.2, 0.25) is 0 Å². The molecule has 2 aromatic rings. The van der Waals surface area contributed by atoms with Crippen molar-refractivity contribution in [1.29, 1.82) is 0 Å². The summed E-state index contributed by atoms with van der Waals surface area (Å²) in [5.41, 5.74) is 2.30. The van der Waals surface area contributed by atoms with Crippen LogP contribution in [-0.2, 0) is 6.42 Å². The van der Waals surface area contributed by atoms with Crippen molar-refractivity contribution in [2.24, 2.45) is 0 Å². The minimum Gasteiger partial charge on any atom is -0.496 e. The number of nitrogens with zero attached hydrogens (tertiary/aromatic N) is 2. The number of rotatable bonds is 4. The summed E-state index contributed by atoms with van der Waals surface area (Å²) in [6.07, 6.45) is 2.74. The predicted molar refractivity (Wildman–Crippen MR) is 82.4 cm³/mol. The van der Waals surface area contributed by atoms with Crippen LogP contribution in [0.25, 0.3) is 0 Å². The van der Waals surface area contributed by atoms with Crippen LogP contribution in [0.4, 0.5) is 11.5 Å². The van der Waals surface area contributed by atoms with Gasteiger partial charge in [0.15, 0.2) is 0 Å². The number of aryl methyl sites for hydroxylation is 1. The third kappa shape index (κ3) is 3.07. The molecule has 0 aliphatic rings. The standard InChI is InChI=1S/C15H17BrN2O/c1-4-11-9-13(6-7-14(11)19-3)18(2)15-8-5-12(16)10-17-15/h5-10H,4H2,1-3H3. The highest BCUT2D eigenvalue weighted by Gasteiger charge is 2.08. The van der Waals surface area contributed by atoms with Crippen LogP contribution < -0.4 is 9.64 Å². The summed E-state index contributed by atoms with van der Waals surface area (Å²) in [4.78, 5) is 6.46. The second-order valence-corrected chi connectivity index (χ2v) is 5.16. The molecule has 3 nitrogen and oxygen atoms in total. The fraction of sp³-hybridized carbons (Fsp3) is 0.267. The quantitative estimate of drug-likeness (QED) is 0.844. The van der Waals surface area contributed by atoms with Crippen molar-refractivity contribution < 1.29 is 4.74 Å². The number of methoxy groups -OCH3 is 1. The number of benzene rings is 1. The summed E-state index contributed by atoms with van der Waals surface area (Å²) < 4.78 is 6.33. The van der Waals surface area contributed by atoms with Crippen molar-refractivity contribution in [2.45, 2.75) is 13.3 Å². The average molecular weight is 321 g/mol. The Balaban J connectivity index is 2.33. The summed E-state index contributed by atoms with van der Waals surface area (Å²) in [7, 11) is 3.71. The lowest BCUT2D eigenvalue weighted by Gasteiger charge is -2.20. The van der Waals surface area contributed by atoms with Crippen molar-refractivity contribution in [1.82, 2.24) is 4.98 Å². The smallest absolute Gasteiger partial charge is 0.132 e. The molecule has 0 saturated carbocycles. The third-order valence-electron chi connectivity index (χ3n) is 3.09. The van der Waals surface area contributed by atoms with Gasteiger partial charge in [0.1, 0.15) is 11.6 Å². The molecule has 0 aliphatic heterocycles. The van der Waals surface area contributed by atoms with E-state index in [1.165, 1.54) is 5.56 Å². The number of hydrogen-bond donors (Lipinski definition) is 0. The highest BCUT2D eigenvalue weighted by molar-refractivity contribution is 9.10. The van der Waals surface area contributed by atoms with Crippen LogP contribution in [0.5, 0.6) is 5.75 Å². The Morgan fingerprint density at radius 1 is 1.26 bits per heavy atom. The molecule has 0 fully saturated rings. The zero-order valence-corrected chi connectivity index (χ0v) is 12.9. The number of anilines is 2. The third-order valence-corrected chi connectivity index (χ3v) is 3.56. The van der Waals surface area contributed by atoms with E-state index < -0.39 is 0 Å². The number of aromatic nitrogens is 1. The van der Waals surface area contributed by atoms with Crippen molar-refractivity contribution in [3.05, 3.63) is 46.6 Å². The van der Waals surface area contributed by atoms with Gasteiger partial charge in [0.05, 0.1) is 7.11 Å². The Morgan fingerprint density at radius 3 is 2.63 bits per heavy atom. The zero-order valence-electron chi connectivity index (χ0n) is 11.4. The molecule has 0 aliphatic carbocycles. The van der Waals surface area contributed by atoms with Crippen LogP contribution in [0.1, 0.15) is 12.5 Å². The Labute approximate surface area is 122 Å². The van der Waals surface area contributed by atoms with Crippen molar-refractivity contribution in [3.8, 4) is 5.75 Å². The molecule has 0 spiro atoms. The van der Waals surface area contributed by atoms with Gasteiger partial charge in [-0.2, -0.15) is 0 Å². The summed E-state index contributed by atoms with van der Waals surface area (Å²) in [6, 6.07) is 10.2. The van der Waals surface area contributed by atoms with Gasteiger partial charge in [-0.15, -0.1) is 0 Å². The maximum atomic E-state index is 5.35. The summed E-state index contributed by atoms with van der Waals surface area (Å²) >= 11 is 3.39. The maximum Gasteiger partial charge on any atom is 0.132 e. The summed E-state index contributed by atoms with van der Waals surface area (Å²) in [6.45, 7) is 2.12. The van der Waals surface area contributed by atoms with Crippen LogP contribution in [0.15, 0.2) is 41.0 Å². The van der Waals surface area contributed by atoms with Crippen molar-refractivity contribution in [3.63, 3.8) is 0 Å². The Bertz CT molecular complexity index is 555. The van der Waals surface area contributed by atoms with E-state index in [0.29, 0.717) is 0 Å². The second kappa shape index (κ2) is 6.06. The van der Waals surface area contributed by atoms with Gasteiger partial charge < -0.3 is 9.64 Å². The van der Waals surface area contributed by atoms with Gasteiger partial charge in [0.25, 0.3) is 0 Å². The molecule has 0 amide bonds. The number of halogens is 1. The van der Waals surface area contributed by atoms with E-state index in [4.69, 9.17) is 4.74 Å². The van der Waals surface area contributed by atoms with Gasteiger partial charge in [-0.3, -0.25) is 0 Å². The first-order valence-corrected chi connectivity index (χ1v) is 6.97. The van der Waals surface area contributed by atoms with E-state index in [1.807, 2.05) is 31.3 Å². The molecule has 0 N–H and O–H groups in total. The molecular weight excluding hydrogens is 304 g/mol. The molecule has 19 heavy (non-hydrogen) atoms. The zero-order chi connectivity index (χ0) is 13.8. The normalized spacial score (nSPS) is 10.3. The SMILES string of the molecule is CCc1cc(N(C)c2ccc(Br)cn2)ccc1OC. The molecule has 0 bridgehead atoms. The van der Waals surface area contributed by atoms with E-state index >= 15 is 0 Å². The highest BCUT2D eigenvalue weighted by atomic mass is 79.9. The first-order valence-electron chi connectivity index (χ1n) is 6.18. The lowest BCUT2D eigenvalue weighted by atomic mass is 10.1. The second-order valence-electron chi connectivity index (χ2n) is 4.24. The van der Waals surface area contributed by atoms with E-state index in [0.717, 1.165) is 28.1 Å². The monoisotopic (exact) mass is 320 g/mol. The number of pyridine rings is 1. The summed E-state index contributed by atoms with van der Waals surface area (Å²) in [5.74, 6) is 1.85. The topological polar surface area (TPSA) is 25.4 Å². The molecule has 4 heteroatoms. The Morgan fingerprint density at radius 2 is 2.05 bits per heavy atom. The van der Waals surface area contributed by atoms with Gasteiger partial charge in [-0.05, 0) is 58.2 Å². The molecule has 0 atom stereocenters. The van der Waals surface area contributed by atoms with Gasteiger partial charge in [-0.25, -0.2) is 4.98 Å². The van der Waals surface area contributed by atoms with E-state index in [9.17, 15) is 0 Å². The molecule has 0 saturated heterocycles. The average Bonchev–Trinajstić information content (AvgIpc) is 2.46. The number of hydrogen-bond acceptors (Lipinski definition) is 3. The Kier molecular flexibility index (Phi) is 4.43. The molecular formula is C15H17BrN2O. The van der Waals surface area contributed by atoms with Crippen molar-refractivity contribution >= 4 is 27.4 Å². The van der Waals surface area contributed by atoms with Crippen LogP contribution in [0, 0.1) is 0 Å². The van der Waals surface area contributed by atoms with E-state index in [2.05, 4.69) is 38.8 Å². The Hall–Kier alpha value is -1.55. The lowest BCUT2D eigenvalue weighted by molar-refractivity contribution is 0.410. The number of ether oxygens (including phenoxy) is 1. The van der Waals surface area contributed by atoms with Crippen LogP contribution in [0.3, 0.4) is 0 Å². The first kappa shape index (κ1) is 13.9. The predicted octanol–water partition coefficient (Wildman–Crippen LogP) is 4.18. The molecule has 0 unspecified atom stereocenters. The van der Waals surface area contributed by atoms with E-state index in [-0.39, 0.29) is 0 Å². The first-order chi connectivity index (χ1) is 9.15. The van der Waals surface area contributed by atoms with Crippen LogP contribution in [-0.4, -0.2) is 19.1 Å². The summed E-state index contributed by atoms with van der Waals surface area (Å²) in [5, 5.41) is 0. The van der Waals surface area contributed by atoms with Gasteiger partial charge in [-0.1, -0.05) is 6.92 Å². The molecule has 100 valence electrons. The van der Waals surface area contributed by atoms with Gasteiger partial charge >= 0.3 is 0 Å². The van der Waals surface area contributed by atoms with Crippen LogP contribution in [0.2, 0.25) is 0 Å². The van der Waals surface area contributed by atoms with Crippen molar-refractivity contribution in [2.75, 3.05) is 19.1 Å². The molecule has 2 rings (SSSR count). The fourth-order valence-corrected chi connectivity index (χ4v) is 2.18. The molecule has 1 aromatic carbocycles. The largest absolute Gasteiger partial charge is 0.496 e. The van der Waals surface area contributed by atoms with Gasteiger partial charge in [0, 0.05) is 23.4 Å². The lowest BCUT2D eigenvalue weighted by Crippen LogP contribution is -2.11. The maximum absolute atomic E-state index is 5.35. The van der Waals surface area contributed by atoms with E-state index in [1.54, 1.807) is 13.3 Å². The minimum atomic E-state index is 0.912. The molecule has 1 aromatic heterocycles.